The van der Waals surface area contributed by atoms with E-state index < -0.39 is 0 Å². The van der Waals surface area contributed by atoms with Gasteiger partial charge in [-0.1, -0.05) is 115 Å². The van der Waals surface area contributed by atoms with E-state index in [1.54, 1.807) is 0 Å². The summed E-state index contributed by atoms with van der Waals surface area (Å²) in [6.07, 6.45) is 0. The van der Waals surface area contributed by atoms with Crippen LogP contribution in [0.1, 0.15) is 0 Å². The predicted molar refractivity (Wildman–Crippen MR) is 202 cm³/mol. The lowest BCUT2D eigenvalue weighted by molar-refractivity contribution is 0.668. The maximum absolute atomic E-state index is 6.58. The molecule has 0 N–H and O–H groups in total. The number of hydrogen-bond donors (Lipinski definition) is 0. The highest BCUT2D eigenvalue weighted by atomic mass is 16.3. The lowest BCUT2D eigenvalue weighted by Crippen LogP contribution is -1.89. The van der Waals surface area contributed by atoms with Crippen LogP contribution in [-0.4, -0.2) is 0 Å². The number of furan rings is 2. The van der Waals surface area contributed by atoms with Crippen LogP contribution in [-0.2, 0) is 0 Å². The fourth-order valence-corrected chi connectivity index (χ4v) is 8.06. The normalized spacial score (nSPS) is 12.2. The van der Waals surface area contributed by atoms with Gasteiger partial charge in [-0.15, -0.1) is 0 Å². The van der Waals surface area contributed by atoms with E-state index in [4.69, 9.17) is 8.83 Å². The van der Waals surface area contributed by atoms with Crippen molar-refractivity contribution in [2.24, 2.45) is 0 Å². The average molecular weight is 611 g/mol. The van der Waals surface area contributed by atoms with Crippen molar-refractivity contribution in [1.82, 2.24) is 0 Å². The molecule has 0 spiro atoms. The minimum Gasteiger partial charge on any atom is -0.456 e. The van der Waals surface area contributed by atoms with Crippen molar-refractivity contribution in [3.63, 3.8) is 0 Å². The maximum Gasteiger partial charge on any atom is 0.136 e. The van der Waals surface area contributed by atoms with Crippen LogP contribution in [0.4, 0.5) is 0 Å². The molecule has 0 atom stereocenters. The standard InChI is InChI=1S/C46H26O2/c1-3-11-32-27(9-1)23-28-10-2-4-12-33(28)45(32)37-21-20-31(34-13-5-6-14-35(34)37)29-17-19-38-43(24-29)48-42-22-18-30-25-44-40(26-39(30)46(38)42)36-15-7-8-16-41(36)47-44/h1-26H. The van der Waals surface area contributed by atoms with Gasteiger partial charge in [-0.3, -0.25) is 0 Å². The molecule has 0 aliphatic heterocycles. The van der Waals surface area contributed by atoms with Crippen LogP contribution in [0.2, 0.25) is 0 Å². The van der Waals surface area contributed by atoms with E-state index in [1.165, 1.54) is 54.4 Å². The Kier molecular flexibility index (Phi) is 5.14. The van der Waals surface area contributed by atoms with Gasteiger partial charge in [0.2, 0.25) is 0 Å². The van der Waals surface area contributed by atoms with Crippen LogP contribution >= 0.6 is 0 Å². The van der Waals surface area contributed by atoms with Crippen LogP contribution in [0.15, 0.2) is 167 Å². The minimum absolute atomic E-state index is 0.889. The average Bonchev–Trinajstić information content (AvgIpc) is 3.70. The summed E-state index contributed by atoms with van der Waals surface area (Å²) in [7, 11) is 0. The minimum atomic E-state index is 0.889. The van der Waals surface area contributed by atoms with E-state index >= 15 is 0 Å². The molecule has 0 unspecified atom stereocenters. The Bertz CT molecular complexity index is 3070. The zero-order valence-corrected chi connectivity index (χ0v) is 25.8. The highest BCUT2D eigenvalue weighted by Gasteiger charge is 2.18. The first-order valence-corrected chi connectivity index (χ1v) is 16.4. The summed E-state index contributed by atoms with van der Waals surface area (Å²) in [6, 6.07) is 56.7. The molecule has 2 aromatic heterocycles. The molecule has 2 heteroatoms. The molecule has 222 valence electrons. The second-order valence-electron chi connectivity index (χ2n) is 12.8. The van der Waals surface area contributed by atoms with Gasteiger partial charge in [0.25, 0.3) is 0 Å². The number of fused-ring (bicyclic) bond motifs is 11. The molecule has 0 saturated carbocycles. The molecule has 11 aromatic rings. The van der Waals surface area contributed by atoms with Gasteiger partial charge in [0.15, 0.2) is 0 Å². The third-order valence-electron chi connectivity index (χ3n) is 10.2. The predicted octanol–water partition coefficient (Wildman–Crippen LogP) is 13.4. The fraction of sp³-hybridized carbons (Fsp3) is 0. The van der Waals surface area contributed by atoms with E-state index in [2.05, 4.69) is 146 Å². The number of para-hydroxylation sites is 1. The summed E-state index contributed by atoms with van der Waals surface area (Å²) in [5.74, 6) is 0. The Balaban J connectivity index is 1.13. The van der Waals surface area contributed by atoms with Gasteiger partial charge >= 0.3 is 0 Å². The first-order valence-electron chi connectivity index (χ1n) is 16.4. The molecule has 0 fully saturated rings. The molecule has 2 heterocycles. The Morgan fingerprint density at radius 3 is 1.69 bits per heavy atom. The van der Waals surface area contributed by atoms with Crippen molar-refractivity contribution in [1.29, 1.82) is 0 Å². The van der Waals surface area contributed by atoms with E-state index in [1.807, 2.05) is 12.1 Å². The Hall–Kier alpha value is -6.38. The Labute approximate surface area is 275 Å². The van der Waals surface area contributed by atoms with Crippen LogP contribution in [0, 0.1) is 0 Å². The zero-order chi connectivity index (χ0) is 31.3. The summed E-state index contributed by atoms with van der Waals surface area (Å²) in [5, 5.41) is 14.3. The van der Waals surface area contributed by atoms with Gasteiger partial charge in [0.05, 0.1) is 0 Å². The second-order valence-corrected chi connectivity index (χ2v) is 12.8. The van der Waals surface area contributed by atoms with E-state index in [9.17, 15) is 0 Å². The third kappa shape index (κ3) is 3.57. The van der Waals surface area contributed by atoms with Crippen LogP contribution < -0.4 is 0 Å². The van der Waals surface area contributed by atoms with Gasteiger partial charge in [-0.05, 0) is 108 Å². The van der Waals surface area contributed by atoms with Gasteiger partial charge in [0.1, 0.15) is 22.3 Å². The molecule has 0 saturated heterocycles. The van der Waals surface area contributed by atoms with Crippen molar-refractivity contribution in [2.75, 3.05) is 0 Å². The largest absolute Gasteiger partial charge is 0.456 e. The molecule has 0 amide bonds. The molecule has 0 radical (unpaired) electrons. The summed E-state index contributed by atoms with van der Waals surface area (Å²) in [5.41, 5.74) is 8.46. The van der Waals surface area contributed by atoms with Gasteiger partial charge in [-0.25, -0.2) is 0 Å². The van der Waals surface area contributed by atoms with Gasteiger partial charge in [-0.2, -0.15) is 0 Å². The van der Waals surface area contributed by atoms with E-state index in [0.29, 0.717) is 0 Å². The van der Waals surface area contributed by atoms with Gasteiger partial charge in [0, 0.05) is 21.5 Å². The van der Waals surface area contributed by atoms with Crippen molar-refractivity contribution >= 4 is 87.0 Å². The van der Waals surface area contributed by atoms with Crippen LogP contribution in [0.3, 0.4) is 0 Å². The Morgan fingerprint density at radius 1 is 0.292 bits per heavy atom. The molecule has 0 aliphatic carbocycles. The SMILES string of the molecule is c1ccc2c(-c3ccc(-c4ccc5c(c4)oc4ccc6cc7oc8ccccc8c7cc6c45)c4ccccc34)c3ccccc3cc2c1. The van der Waals surface area contributed by atoms with E-state index in [-0.39, 0.29) is 0 Å². The Morgan fingerprint density at radius 2 is 0.896 bits per heavy atom. The van der Waals surface area contributed by atoms with Gasteiger partial charge < -0.3 is 8.83 Å². The smallest absolute Gasteiger partial charge is 0.136 e. The summed E-state index contributed by atoms with van der Waals surface area (Å²) in [4.78, 5) is 0. The van der Waals surface area contributed by atoms with Crippen LogP contribution in [0.5, 0.6) is 0 Å². The topological polar surface area (TPSA) is 26.3 Å². The zero-order valence-electron chi connectivity index (χ0n) is 25.8. The third-order valence-corrected chi connectivity index (χ3v) is 10.2. The monoisotopic (exact) mass is 610 g/mol. The molecule has 48 heavy (non-hydrogen) atoms. The highest BCUT2D eigenvalue weighted by molar-refractivity contribution is 6.23. The molecular formula is C46H26O2. The van der Waals surface area contributed by atoms with Crippen LogP contribution in [0.25, 0.3) is 109 Å². The molecule has 2 nitrogen and oxygen atoms in total. The molecule has 9 aromatic carbocycles. The molecule has 11 rings (SSSR count). The number of rotatable bonds is 2. The lowest BCUT2D eigenvalue weighted by Gasteiger charge is -2.16. The van der Waals surface area contributed by atoms with Crippen molar-refractivity contribution in [3.05, 3.63) is 158 Å². The van der Waals surface area contributed by atoms with Crippen molar-refractivity contribution in [3.8, 4) is 22.3 Å². The fourth-order valence-electron chi connectivity index (χ4n) is 8.06. The van der Waals surface area contributed by atoms with E-state index in [0.717, 1.165) is 54.8 Å². The van der Waals surface area contributed by atoms with Crippen molar-refractivity contribution in [2.45, 2.75) is 0 Å². The second kappa shape index (κ2) is 9.57. The first kappa shape index (κ1) is 25.8. The molecule has 0 aliphatic rings. The first-order chi connectivity index (χ1) is 23.8. The molecular weight excluding hydrogens is 585 g/mol. The summed E-state index contributed by atoms with van der Waals surface area (Å²) >= 11 is 0. The summed E-state index contributed by atoms with van der Waals surface area (Å²) < 4.78 is 12.8. The molecule has 0 bridgehead atoms. The maximum atomic E-state index is 6.58. The van der Waals surface area contributed by atoms with Crippen molar-refractivity contribution < 1.29 is 8.83 Å². The number of benzene rings is 9. The lowest BCUT2D eigenvalue weighted by atomic mass is 9.87. The number of hydrogen-bond acceptors (Lipinski definition) is 2. The quantitative estimate of drug-likeness (QED) is 0.182. The highest BCUT2D eigenvalue weighted by Crippen LogP contribution is 2.44. The summed E-state index contributed by atoms with van der Waals surface area (Å²) in [6.45, 7) is 0.